The van der Waals surface area contributed by atoms with Crippen LogP contribution in [0.4, 0.5) is 14.6 Å². The second-order valence-electron chi connectivity index (χ2n) is 5.55. The minimum atomic E-state index is -1.01. The second-order valence-corrected chi connectivity index (χ2v) is 5.55. The standard InChI is InChI=1S/C16H16F2N2O3/c1-16(2,9-21)15(22)20-14-6-4-11(8-19-14)23-10-3-5-12(17)13(18)7-10/h3-8,21H,9H2,1-2H3,(H,19,20,22). The minimum absolute atomic E-state index is 0.129. The molecule has 0 bridgehead atoms. The van der Waals surface area contributed by atoms with Gasteiger partial charge in [-0.25, -0.2) is 13.8 Å². The smallest absolute Gasteiger partial charge is 0.233 e. The normalized spacial score (nSPS) is 11.2. The minimum Gasteiger partial charge on any atom is -0.456 e. The monoisotopic (exact) mass is 322 g/mol. The van der Waals surface area contributed by atoms with Gasteiger partial charge in [-0.1, -0.05) is 0 Å². The fraction of sp³-hybridized carbons (Fsp3) is 0.250. The van der Waals surface area contributed by atoms with Crippen molar-refractivity contribution in [1.29, 1.82) is 0 Å². The van der Waals surface area contributed by atoms with Gasteiger partial charge in [-0.2, -0.15) is 0 Å². The predicted octanol–water partition coefficient (Wildman–Crippen LogP) is 3.11. The molecule has 0 saturated carbocycles. The second kappa shape index (κ2) is 6.70. The molecule has 5 nitrogen and oxygen atoms in total. The zero-order valence-electron chi connectivity index (χ0n) is 12.6. The Balaban J connectivity index is 2.04. The summed E-state index contributed by atoms with van der Waals surface area (Å²) in [4.78, 5) is 15.9. The van der Waals surface area contributed by atoms with Gasteiger partial charge in [-0.3, -0.25) is 4.79 Å². The van der Waals surface area contributed by atoms with E-state index in [9.17, 15) is 13.6 Å². The first-order valence-corrected chi connectivity index (χ1v) is 6.83. The van der Waals surface area contributed by atoms with Gasteiger partial charge in [0.05, 0.1) is 18.2 Å². The van der Waals surface area contributed by atoms with E-state index in [1.54, 1.807) is 13.8 Å². The van der Waals surface area contributed by atoms with Crippen molar-refractivity contribution in [3.05, 3.63) is 48.2 Å². The lowest BCUT2D eigenvalue weighted by atomic mass is 9.94. The third kappa shape index (κ3) is 4.23. The highest BCUT2D eigenvalue weighted by molar-refractivity contribution is 5.94. The number of anilines is 1. The van der Waals surface area contributed by atoms with E-state index in [1.807, 2.05) is 0 Å². The molecule has 0 aliphatic carbocycles. The van der Waals surface area contributed by atoms with Gasteiger partial charge in [-0.05, 0) is 38.1 Å². The fourth-order valence-corrected chi connectivity index (χ4v) is 1.55. The number of carbonyl (C=O) groups is 1. The van der Waals surface area contributed by atoms with Gasteiger partial charge in [-0.15, -0.1) is 0 Å². The molecule has 1 aromatic carbocycles. The first-order chi connectivity index (χ1) is 10.8. The van der Waals surface area contributed by atoms with E-state index < -0.39 is 17.0 Å². The van der Waals surface area contributed by atoms with Gasteiger partial charge in [0, 0.05) is 6.07 Å². The topological polar surface area (TPSA) is 71.5 Å². The summed E-state index contributed by atoms with van der Waals surface area (Å²) >= 11 is 0. The molecule has 0 saturated heterocycles. The average molecular weight is 322 g/mol. The van der Waals surface area contributed by atoms with Gasteiger partial charge < -0.3 is 15.2 Å². The SMILES string of the molecule is CC(C)(CO)C(=O)Nc1ccc(Oc2ccc(F)c(F)c2)cn1. The molecule has 2 rings (SSSR count). The Hall–Kier alpha value is -2.54. The van der Waals surface area contributed by atoms with Crippen LogP contribution < -0.4 is 10.1 Å². The molecule has 0 atom stereocenters. The van der Waals surface area contributed by atoms with Crippen LogP contribution in [0, 0.1) is 17.0 Å². The number of amides is 1. The molecule has 0 fully saturated rings. The summed E-state index contributed by atoms with van der Waals surface area (Å²) in [6.45, 7) is 2.90. The summed E-state index contributed by atoms with van der Waals surface area (Å²) in [5.74, 6) is -1.62. The quantitative estimate of drug-likeness (QED) is 0.887. The van der Waals surface area contributed by atoms with Crippen molar-refractivity contribution >= 4 is 11.7 Å². The number of aliphatic hydroxyl groups excluding tert-OH is 1. The number of benzene rings is 1. The lowest BCUT2D eigenvalue weighted by molar-refractivity contribution is -0.125. The van der Waals surface area contributed by atoms with Crippen LogP contribution in [0.1, 0.15) is 13.8 Å². The van der Waals surface area contributed by atoms with Crippen LogP contribution in [0.3, 0.4) is 0 Å². The van der Waals surface area contributed by atoms with Gasteiger partial charge in [0.25, 0.3) is 0 Å². The molecule has 0 aliphatic heterocycles. The highest BCUT2D eigenvalue weighted by atomic mass is 19.2. The largest absolute Gasteiger partial charge is 0.456 e. The van der Waals surface area contributed by atoms with Crippen molar-refractivity contribution in [3.63, 3.8) is 0 Å². The summed E-state index contributed by atoms with van der Waals surface area (Å²) in [5.41, 5.74) is -0.928. The molecule has 1 heterocycles. The van der Waals surface area contributed by atoms with Crippen LogP contribution in [0.5, 0.6) is 11.5 Å². The van der Waals surface area contributed by atoms with E-state index >= 15 is 0 Å². The third-order valence-corrected chi connectivity index (χ3v) is 3.11. The average Bonchev–Trinajstić information content (AvgIpc) is 2.52. The maximum absolute atomic E-state index is 13.1. The van der Waals surface area contributed by atoms with Crippen LogP contribution >= 0.6 is 0 Å². The van der Waals surface area contributed by atoms with Crippen LogP contribution in [-0.4, -0.2) is 22.6 Å². The molecule has 0 spiro atoms. The van der Waals surface area contributed by atoms with E-state index in [0.717, 1.165) is 12.1 Å². The Morgan fingerprint density at radius 3 is 2.48 bits per heavy atom. The zero-order valence-corrected chi connectivity index (χ0v) is 12.6. The molecule has 2 N–H and O–H groups in total. The Morgan fingerprint density at radius 1 is 1.22 bits per heavy atom. The Kier molecular flexibility index (Phi) is 4.90. The first kappa shape index (κ1) is 16.8. The van der Waals surface area contributed by atoms with Crippen LogP contribution in [-0.2, 0) is 4.79 Å². The van der Waals surface area contributed by atoms with Crippen molar-refractivity contribution in [2.75, 3.05) is 11.9 Å². The Morgan fingerprint density at radius 2 is 1.91 bits per heavy atom. The van der Waals surface area contributed by atoms with Crippen molar-refractivity contribution < 1.29 is 23.4 Å². The number of hydrogen-bond acceptors (Lipinski definition) is 4. The van der Waals surface area contributed by atoms with Crippen molar-refractivity contribution in [1.82, 2.24) is 4.98 Å². The maximum atomic E-state index is 13.1. The first-order valence-electron chi connectivity index (χ1n) is 6.83. The number of carbonyl (C=O) groups excluding carboxylic acids is 1. The number of aliphatic hydroxyl groups is 1. The molecule has 7 heteroatoms. The number of nitrogens with zero attached hydrogens (tertiary/aromatic N) is 1. The lowest BCUT2D eigenvalue weighted by Gasteiger charge is -2.20. The zero-order chi connectivity index (χ0) is 17.0. The van der Waals surface area contributed by atoms with Crippen LogP contribution in [0.15, 0.2) is 36.5 Å². The highest BCUT2D eigenvalue weighted by Gasteiger charge is 2.26. The number of halogens is 2. The van der Waals surface area contributed by atoms with Crippen molar-refractivity contribution in [3.8, 4) is 11.5 Å². The lowest BCUT2D eigenvalue weighted by Crippen LogP contribution is -2.34. The van der Waals surface area contributed by atoms with E-state index in [2.05, 4.69) is 10.3 Å². The molecule has 1 aromatic heterocycles. The van der Waals surface area contributed by atoms with Crippen LogP contribution in [0.2, 0.25) is 0 Å². The fourth-order valence-electron chi connectivity index (χ4n) is 1.55. The summed E-state index contributed by atoms with van der Waals surface area (Å²) in [6.07, 6.45) is 1.34. The van der Waals surface area contributed by atoms with E-state index in [0.29, 0.717) is 5.75 Å². The number of hydrogen-bond donors (Lipinski definition) is 2. The van der Waals surface area contributed by atoms with Crippen molar-refractivity contribution in [2.24, 2.45) is 5.41 Å². The van der Waals surface area contributed by atoms with E-state index in [4.69, 9.17) is 9.84 Å². The molecule has 122 valence electrons. The maximum Gasteiger partial charge on any atom is 0.233 e. The highest BCUT2D eigenvalue weighted by Crippen LogP contribution is 2.24. The third-order valence-electron chi connectivity index (χ3n) is 3.11. The molecular weight excluding hydrogens is 306 g/mol. The molecule has 0 aliphatic rings. The number of pyridine rings is 1. The van der Waals surface area contributed by atoms with Gasteiger partial charge in [0.2, 0.25) is 5.91 Å². The van der Waals surface area contributed by atoms with E-state index in [1.165, 1.54) is 24.4 Å². The summed E-state index contributed by atoms with van der Waals surface area (Å²) in [5, 5.41) is 11.7. The summed E-state index contributed by atoms with van der Waals surface area (Å²) < 4.78 is 31.3. The number of nitrogens with one attached hydrogen (secondary N) is 1. The molecule has 0 unspecified atom stereocenters. The molecule has 0 radical (unpaired) electrons. The summed E-state index contributed by atoms with van der Waals surface area (Å²) in [7, 11) is 0. The van der Waals surface area contributed by atoms with Gasteiger partial charge in [0.15, 0.2) is 11.6 Å². The van der Waals surface area contributed by atoms with Gasteiger partial charge in [0.1, 0.15) is 17.3 Å². The molecule has 23 heavy (non-hydrogen) atoms. The molecular formula is C16H16F2N2O3. The predicted molar refractivity (Wildman–Crippen MR) is 80.2 cm³/mol. The van der Waals surface area contributed by atoms with Crippen LogP contribution in [0.25, 0.3) is 0 Å². The Labute approximate surface area is 131 Å². The van der Waals surface area contributed by atoms with Gasteiger partial charge >= 0.3 is 0 Å². The number of aromatic nitrogens is 1. The number of ether oxygens (including phenoxy) is 1. The Bertz CT molecular complexity index is 703. The van der Waals surface area contributed by atoms with E-state index in [-0.39, 0.29) is 24.1 Å². The summed E-state index contributed by atoms with van der Waals surface area (Å²) in [6, 6.07) is 6.20. The number of rotatable bonds is 5. The molecule has 1 amide bonds. The molecule has 2 aromatic rings. The van der Waals surface area contributed by atoms with Crippen molar-refractivity contribution in [2.45, 2.75) is 13.8 Å².